The van der Waals surface area contributed by atoms with Crippen molar-refractivity contribution in [3.63, 3.8) is 0 Å². The van der Waals surface area contributed by atoms with Crippen LogP contribution in [-0.2, 0) is 9.53 Å². The predicted molar refractivity (Wildman–Crippen MR) is 92.3 cm³/mol. The van der Waals surface area contributed by atoms with Crippen LogP contribution in [0.4, 0.5) is 0 Å². The highest BCUT2D eigenvalue weighted by molar-refractivity contribution is 5.92. The molecule has 1 N–H and O–H groups in total. The van der Waals surface area contributed by atoms with Crippen molar-refractivity contribution in [2.75, 3.05) is 39.9 Å². The summed E-state index contributed by atoms with van der Waals surface area (Å²) in [5.74, 6) is -0.0368. The molecular formula is C18H25N3O4. The fraction of sp³-hybridized carbons (Fsp3) is 0.611. The van der Waals surface area contributed by atoms with E-state index in [-0.39, 0.29) is 22.8 Å². The van der Waals surface area contributed by atoms with Crippen LogP contribution in [0.5, 0.6) is 0 Å². The molecule has 1 saturated carbocycles. The van der Waals surface area contributed by atoms with Gasteiger partial charge in [0, 0.05) is 39.4 Å². The summed E-state index contributed by atoms with van der Waals surface area (Å²) in [6.07, 6.45) is 3.56. The number of aromatic amines is 1. The third-order valence-electron chi connectivity index (χ3n) is 5.25. The van der Waals surface area contributed by atoms with Crippen molar-refractivity contribution in [1.82, 2.24) is 14.8 Å². The van der Waals surface area contributed by atoms with E-state index in [2.05, 4.69) is 4.98 Å². The summed E-state index contributed by atoms with van der Waals surface area (Å²) in [5.41, 5.74) is -0.357. The number of rotatable bonds is 4. The lowest BCUT2D eigenvalue weighted by Gasteiger charge is -2.42. The molecule has 2 heterocycles. The van der Waals surface area contributed by atoms with E-state index in [1.54, 1.807) is 24.1 Å². The number of hydrogen-bond donors (Lipinski definition) is 1. The number of pyridine rings is 1. The molecular weight excluding hydrogens is 322 g/mol. The molecule has 1 aromatic heterocycles. The number of nitrogens with zero attached hydrogens (tertiary/aromatic N) is 2. The molecule has 0 atom stereocenters. The molecule has 1 saturated heterocycles. The molecule has 2 fully saturated rings. The van der Waals surface area contributed by atoms with E-state index < -0.39 is 0 Å². The maximum absolute atomic E-state index is 12.9. The zero-order valence-corrected chi connectivity index (χ0v) is 14.6. The third kappa shape index (κ3) is 3.61. The van der Waals surface area contributed by atoms with E-state index in [9.17, 15) is 14.4 Å². The van der Waals surface area contributed by atoms with Crippen molar-refractivity contribution < 1.29 is 14.3 Å². The Morgan fingerprint density at radius 2 is 1.84 bits per heavy atom. The van der Waals surface area contributed by atoms with Gasteiger partial charge < -0.3 is 19.5 Å². The van der Waals surface area contributed by atoms with Gasteiger partial charge in [-0.2, -0.15) is 0 Å². The van der Waals surface area contributed by atoms with Gasteiger partial charge in [0.2, 0.25) is 11.5 Å². The Labute approximate surface area is 147 Å². The molecule has 25 heavy (non-hydrogen) atoms. The minimum absolute atomic E-state index is 0.156. The van der Waals surface area contributed by atoms with Crippen LogP contribution in [-0.4, -0.2) is 66.5 Å². The first kappa shape index (κ1) is 17.7. The first-order valence-corrected chi connectivity index (χ1v) is 8.83. The summed E-state index contributed by atoms with van der Waals surface area (Å²) in [5, 5.41) is 0. The first-order chi connectivity index (χ1) is 12.1. The zero-order valence-electron chi connectivity index (χ0n) is 14.6. The lowest BCUT2D eigenvalue weighted by atomic mass is 9.68. The van der Waals surface area contributed by atoms with Crippen LogP contribution < -0.4 is 5.56 Å². The van der Waals surface area contributed by atoms with Crippen LogP contribution in [0.2, 0.25) is 0 Å². The fourth-order valence-electron chi connectivity index (χ4n) is 3.70. The summed E-state index contributed by atoms with van der Waals surface area (Å²) in [4.78, 5) is 43.1. The van der Waals surface area contributed by atoms with Crippen LogP contribution in [0.25, 0.3) is 0 Å². The minimum atomic E-state index is -0.363. The lowest BCUT2D eigenvalue weighted by Crippen LogP contribution is -2.51. The van der Waals surface area contributed by atoms with E-state index in [1.807, 2.05) is 4.90 Å². The maximum atomic E-state index is 12.9. The number of ether oxygens (including phenoxy) is 1. The Balaban J connectivity index is 1.65. The fourth-order valence-corrected chi connectivity index (χ4v) is 3.70. The largest absolute Gasteiger partial charge is 0.384 e. The second-order valence-corrected chi connectivity index (χ2v) is 6.93. The topological polar surface area (TPSA) is 82.7 Å². The van der Waals surface area contributed by atoms with Crippen LogP contribution >= 0.6 is 0 Å². The molecule has 0 bridgehead atoms. The molecule has 7 nitrogen and oxygen atoms in total. The van der Waals surface area contributed by atoms with Gasteiger partial charge in [-0.05, 0) is 25.3 Å². The molecule has 1 aliphatic heterocycles. The van der Waals surface area contributed by atoms with Crippen molar-refractivity contribution in [1.29, 1.82) is 0 Å². The summed E-state index contributed by atoms with van der Waals surface area (Å²) in [6, 6.07) is 4.57. The highest BCUT2D eigenvalue weighted by Crippen LogP contribution is 2.42. The van der Waals surface area contributed by atoms with Crippen LogP contribution in [0, 0.1) is 5.41 Å². The highest BCUT2D eigenvalue weighted by atomic mass is 16.5. The van der Waals surface area contributed by atoms with Gasteiger partial charge in [-0.3, -0.25) is 14.4 Å². The van der Waals surface area contributed by atoms with Gasteiger partial charge in [-0.25, -0.2) is 0 Å². The van der Waals surface area contributed by atoms with Crippen LogP contribution in [0.3, 0.4) is 0 Å². The van der Waals surface area contributed by atoms with Crippen molar-refractivity contribution >= 4 is 11.8 Å². The van der Waals surface area contributed by atoms with E-state index in [0.29, 0.717) is 38.5 Å². The predicted octanol–water partition coefficient (Wildman–Crippen LogP) is 0.866. The average molecular weight is 347 g/mol. The Kier molecular flexibility index (Phi) is 5.22. The van der Waals surface area contributed by atoms with Crippen molar-refractivity contribution in [3.05, 3.63) is 34.2 Å². The van der Waals surface area contributed by atoms with Crippen LogP contribution in [0.1, 0.15) is 36.2 Å². The number of nitrogens with one attached hydrogen (secondary N) is 1. The minimum Gasteiger partial charge on any atom is -0.384 e. The molecule has 1 aromatic rings. The number of H-pyrrole nitrogens is 1. The highest BCUT2D eigenvalue weighted by Gasteiger charge is 2.46. The van der Waals surface area contributed by atoms with Gasteiger partial charge >= 0.3 is 0 Å². The summed E-state index contributed by atoms with van der Waals surface area (Å²) in [7, 11) is 1.64. The quantitative estimate of drug-likeness (QED) is 0.876. The van der Waals surface area contributed by atoms with Gasteiger partial charge in [0.1, 0.15) is 5.69 Å². The van der Waals surface area contributed by atoms with Gasteiger partial charge in [0.25, 0.3) is 5.91 Å². The normalized spacial score (nSPS) is 19.9. The molecule has 0 aromatic carbocycles. The SMILES string of the molecule is COCC1(C(=O)N2CCCN(C(=O)c3cccc(=O)[nH]3)CC2)CCC1. The molecule has 1 aliphatic carbocycles. The van der Waals surface area contributed by atoms with Gasteiger partial charge in [0.15, 0.2) is 0 Å². The molecule has 136 valence electrons. The monoisotopic (exact) mass is 347 g/mol. The molecule has 3 rings (SSSR count). The number of carbonyl (C=O) groups excluding carboxylic acids is 2. The average Bonchev–Trinajstić information content (AvgIpc) is 2.83. The van der Waals surface area contributed by atoms with E-state index in [1.165, 1.54) is 6.07 Å². The molecule has 7 heteroatoms. The first-order valence-electron chi connectivity index (χ1n) is 8.83. The number of methoxy groups -OCH3 is 1. The number of aromatic nitrogens is 1. The Bertz CT molecular complexity index is 696. The Hall–Kier alpha value is -2.15. The van der Waals surface area contributed by atoms with Gasteiger partial charge in [0.05, 0.1) is 12.0 Å². The summed E-state index contributed by atoms with van der Waals surface area (Å²) in [6.45, 7) is 2.70. The number of hydrogen-bond acceptors (Lipinski definition) is 4. The maximum Gasteiger partial charge on any atom is 0.270 e. The van der Waals surface area contributed by atoms with Gasteiger partial charge in [-0.15, -0.1) is 0 Å². The van der Waals surface area contributed by atoms with Crippen molar-refractivity contribution in [2.45, 2.75) is 25.7 Å². The van der Waals surface area contributed by atoms with E-state index >= 15 is 0 Å². The van der Waals surface area contributed by atoms with E-state index in [4.69, 9.17) is 4.74 Å². The standard InChI is InChI=1S/C18H25N3O4/c1-25-13-18(7-3-8-18)17(24)21-10-4-9-20(11-12-21)16(23)14-5-2-6-15(22)19-14/h2,5-6H,3-4,7-13H2,1H3,(H,19,22). The smallest absolute Gasteiger partial charge is 0.270 e. The summed E-state index contributed by atoms with van der Waals surface area (Å²) < 4.78 is 5.27. The second kappa shape index (κ2) is 7.39. The molecule has 0 radical (unpaired) electrons. The van der Waals surface area contributed by atoms with E-state index in [0.717, 1.165) is 25.7 Å². The summed E-state index contributed by atoms with van der Waals surface area (Å²) >= 11 is 0. The molecule has 2 aliphatic rings. The number of carbonyl (C=O) groups is 2. The zero-order chi connectivity index (χ0) is 17.9. The molecule has 0 unspecified atom stereocenters. The van der Waals surface area contributed by atoms with Crippen molar-refractivity contribution in [2.24, 2.45) is 5.41 Å². The lowest BCUT2D eigenvalue weighted by molar-refractivity contribution is -0.152. The number of amides is 2. The van der Waals surface area contributed by atoms with Crippen LogP contribution in [0.15, 0.2) is 23.0 Å². The second-order valence-electron chi connectivity index (χ2n) is 6.93. The molecule has 0 spiro atoms. The molecule has 2 amide bonds. The van der Waals surface area contributed by atoms with Gasteiger partial charge in [-0.1, -0.05) is 12.5 Å². The Morgan fingerprint density at radius 1 is 1.12 bits per heavy atom. The third-order valence-corrected chi connectivity index (χ3v) is 5.25. The van der Waals surface area contributed by atoms with Crippen molar-refractivity contribution in [3.8, 4) is 0 Å². The Morgan fingerprint density at radius 3 is 2.48 bits per heavy atom.